The van der Waals surface area contributed by atoms with Crippen LogP contribution in [0.3, 0.4) is 0 Å². The van der Waals surface area contributed by atoms with E-state index in [-0.39, 0.29) is 10.9 Å². The van der Waals surface area contributed by atoms with E-state index in [0.717, 1.165) is 5.56 Å². The maximum absolute atomic E-state index is 12.6. The van der Waals surface area contributed by atoms with Crippen molar-refractivity contribution in [2.75, 3.05) is 5.32 Å². The molecule has 0 radical (unpaired) electrons. The van der Waals surface area contributed by atoms with Crippen LogP contribution in [-0.4, -0.2) is 22.0 Å². The van der Waals surface area contributed by atoms with Crippen molar-refractivity contribution >= 4 is 57.5 Å². The second-order valence-corrected chi connectivity index (χ2v) is 7.55. The number of benzene rings is 2. The molecule has 1 atom stereocenters. The number of aromatic nitrogens is 2. The molecule has 0 aliphatic carbocycles. The van der Waals surface area contributed by atoms with E-state index in [1.165, 1.54) is 0 Å². The maximum atomic E-state index is 12.6. The molecule has 0 aliphatic heterocycles. The second kappa shape index (κ2) is 8.52. The number of nitrogens with zero attached hydrogens (tertiary/aromatic N) is 2. The van der Waals surface area contributed by atoms with Crippen molar-refractivity contribution in [1.29, 1.82) is 0 Å². The van der Waals surface area contributed by atoms with Gasteiger partial charge in [-0.1, -0.05) is 40.9 Å². The summed E-state index contributed by atoms with van der Waals surface area (Å²) in [7, 11) is 0. The summed E-state index contributed by atoms with van der Waals surface area (Å²) in [5.74, 6) is 0.336. The molecule has 0 aliphatic rings. The molecule has 6 nitrogen and oxygen atoms in total. The lowest BCUT2D eigenvalue weighted by Crippen LogP contribution is -2.30. The third-order valence-corrected chi connectivity index (χ3v) is 5.31. The van der Waals surface area contributed by atoms with Gasteiger partial charge in [0.15, 0.2) is 11.7 Å². The largest absolute Gasteiger partial charge is 0.479 e. The van der Waals surface area contributed by atoms with Gasteiger partial charge in [-0.2, -0.15) is 0 Å². The van der Waals surface area contributed by atoms with Crippen molar-refractivity contribution in [3.05, 3.63) is 69.9 Å². The van der Waals surface area contributed by atoms with Crippen LogP contribution in [0, 0.1) is 0 Å². The molecule has 2 aromatic heterocycles. The first-order valence-electron chi connectivity index (χ1n) is 8.84. The quantitative estimate of drug-likeness (QED) is 0.379. The summed E-state index contributed by atoms with van der Waals surface area (Å²) in [5.41, 5.74) is 2.16. The van der Waals surface area contributed by atoms with Crippen molar-refractivity contribution in [1.82, 2.24) is 9.97 Å². The summed E-state index contributed by atoms with van der Waals surface area (Å²) >= 11 is 18.4. The molecule has 0 saturated carbocycles. The number of pyridine rings is 1. The zero-order chi connectivity index (χ0) is 21.3. The van der Waals surface area contributed by atoms with Crippen molar-refractivity contribution in [2.45, 2.75) is 13.0 Å². The number of rotatable bonds is 5. The van der Waals surface area contributed by atoms with Gasteiger partial charge in [-0.15, -0.1) is 0 Å². The number of oxazole rings is 1. The van der Waals surface area contributed by atoms with E-state index >= 15 is 0 Å². The lowest BCUT2D eigenvalue weighted by molar-refractivity contribution is -0.122. The SMILES string of the molecule is CC(Oc1cccc(Cl)c1Cl)C(=O)Nc1cc(Cl)c2oc(-c3ccncc3)nc2c1. The minimum absolute atomic E-state index is 0.245. The number of ether oxygens (including phenoxy) is 1. The van der Waals surface area contributed by atoms with E-state index < -0.39 is 6.10 Å². The molecule has 1 N–H and O–H groups in total. The summed E-state index contributed by atoms with van der Waals surface area (Å²) in [5, 5.41) is 3.67. The molecule has 30 heavy (non-hydrogen) atoms. The average Bonchev–Trinajstić information content (AvgIpc) is 3.17. The fraction of sp³-hybridized carbons (Fsp3) is 0.0952. The standard InChI is InChI=1S/C21H14Cl3N3O3/c1-11(29-17-4-2-3-14(22)18(17)24)20(28)26-13-9-15(23)19-16(10-13)27-21(30-19)12-5-7-25-8-6-12/h2-11H,1H3,(H,26,28). The summed E-state index contributed by atoms with van der Waals surface area (Å²) in [6.07, 6.45) is 2.45. The highest BCUT2D eigenvalue weighted by Gasteiger charge is 2.19. The molecule has 1 amide bonds. The first-order valence-corrected chi connectivity index (χ1v) is 9.98. The molecule has 2 aromatic carbocycles. The summed E-state index contributed by atoms with van der Waals surface area (Å²) < 4.78 is 11.4. The van der Waals surface area contributed by atoms with Crippen molar-refractivity contribution in [2.24, 2.45) is 0 Å². The Morgan fingerprint density at radius 1 is 1.10 bits per heavy atom. The number of fused-ring (bicyclic) bond motifs is 1. The van der Waals surface area contributed by atoms with Crippen LogP contribution in [0.4, 0.5) is 5.69 Å². The Morgan fingerprint density at radius 2 is 1.87 bits per heavy atom. The lowest BCUT2D eigenvalue weighted by atomic mass is 10.2. The zero-order valence-corrected chi connectivity index (χ0v) is 17.8. The molecule has 0 bridgehead atoms. The Bertz CT molecular complexity index is 1230. The highest BCUT2D eigenvalue weighted by Crippen LogP contribution is 2.33. The molecule has 2 heterocycles. The molecular formula is C21H14Cl3N3O3. The van der Waals surface area contributed by atoms with Crippen LogP contribution >= 0.6 is 34.8 Å². The number of nitrogens with one attached hydrogen (secondary N) is 1. The number of anilines is 1. The van der Waals surface area contributed by atoms with Crippen LogP contribution in [0.5, 0.6) is 5.75 Å². The third kappa shape index (κ3) is 4.21. The number of hydrogen-bond acceptors (Lipinski definition) is 5. The van der Waals surface area contributed by atoms with E-state index in [1.54, 1.807) is 61.8 Å². The van der Waals surface area contributed by atoms with Gasteiger partial charge in [0.1, 0.15) is 16.3 Å². The van der Waals surface area contributed by atoms with Crippen LogP contribution in [0.15, 0.2) is 59.3 Å². The number of hydrogen-bond donors (Lipinski definition) is 1. The molecular weight excluding hydrogens is 449 g/mol. The Hall–Kier alpha value is -2.80. The number of carbonyl (C=O) groups excluding carboxylic acids is 1. The molecule has 0 saturated heterocycles. The van der Waals surface area contributed by atoms with Gasteiger partial charge in [0, 0.05) is 23.6 Å². The Balaban J connectivity index is 1.54. The number of carbonyl (C=O) groups is 1. The highest BCUT2D eigenvalue weighted by molar-refractivity contribution is 6.42. The molecule has 4 aromatic rings. The first kappa shape index (κ1) is 20.5. The predicted octanol–water partition coefficient (Wildman–Crippen LogP) is 6.26. The molecule has 4 rings (SSSR count). The highest BCUT2D eigenvalue weighted by atomic mass is 35.5. The van der Waals surface area contributed by atoms with Gasteiger partial charge in [-0.05, 0) is 43.3 Å². The van der Waals surface area contributed by atoms with Gasteiger partial charge in [-0.25, -0.2) is 4.98 Å². The van der Waals surface area contributed by atoms with E-state index in [9.17, 15) is 4.79 Å². The van der Waals surface area contributed by atoms with Gasteiger partial charge < -0.3 is 14.5 Å². The maximum Gasteiger partial charge on any atom is 0.265 e. The molecule has 1 unspecified atom stereocenters. The van der Waals surface area contributed by atoms with E-state index in [4.69, 9.17) is 44.0 Å². The number of amides is 1. The second-order valence-electron chi connectivity index (χ2n) is 6.36. The predicted molar refractivity (Wildman–Crippen MR) is 117 cm³/mol. The van der Waals surface area contributed by atoms with Gasteiger partial charge in [0.05, 0.1) is 10.0 Å². The van der Waals surface area contributed by atoms with E-state index in [0.29, 0.717) is 38.5 Å². The minimum atomic E-state index is -0.833. The van der Waals surface area contributed by atoms with Crippen molar-refractivity contribution in [3.63, 3.8) is 0 Å². The zero-order valence-electron chi connectivity index (χ0n) is 15.5. The van der Waals surface area contributed by atoms with Crippen LogP contribution in [0.25, 0.3) is 22.6 Å². The van der Waals surface area contributed by atoms with Crippen molar-refractivity contribution in [3.8, 4) is 17.2 Å². The molecule has 152 valence electrons. The first-order chi connectivity index (χ1) is 14.4. The topological polar surface area (TPSA) is 77.2 Å². The normalized spacial score (nSPS) is 12.0. The Morgan fingerprint density at radius 3 is 2.63 bits per heavy atom. The van der Waals surface area contributed by atoms with Crippen LogP contribution < -0.4 is 10.1 Å². The average molecular weight is 463 g/mol. The summed E-state index contributed by atoms with van der Waals surface area (Å²) in [4.78, 5) is 21.0. The van der Waals surface area contributed by atoms with Gasteiger partial charge in [0.25, 0.3) is 5.91 Å². The minimum Gasteiger partial charge on any atom is -0.479 e. The molecule has 0 spiro atoms. The van der Waals surface area contributed by atoms with Gasteiger partial charge in [0.2, 0.25) is 5.89 Å². The lowest BCUT2D eigenvalue weighted by Gasteiger charge is -2.16. The third-order valence-electron chi connectivity index (χ3n) is 4.23. The Labute approximate surface area is 186 Å². The molecule has 9 heteroatoms. The van der Waals surface area contributed by atoms with Crippen molar-refractivity contribution < 1.29 is 13.9 Å². The fourth-order valence-corrected chi connectivity index (χ4v) is 3.33. The fourth-order valence-electron chi connectivity index (χ4n) is 2.74. The van der Waals surface area contributed by atoms with Gasteiger partial charge >= 0.3 is 0 Å². The summed E-state index contributed by atoms with van der Waals surface area (Å²) in [6, 6.07) is 11.8. The Kier molecular flexibility index (Phi) is 5.81. The monoisotopic (exact) mass is 461 g/mol. The summed E-state index contributed by atoms with van der Waals surface area (Å²) in [6.45, 7) is 1.60. The van der Waals surface area contributed by atoms with Crippen LogP contribution in [-0.2, 0) is 4.79 Å². The van der Waals surface area contributed by atoms with E-state index in [1.807, 2.05) is 0 Å². The number of halogens is 3. The van der Waals surface area contributed by atoms with Crippen LogP contribution in [0.2, 0.25) is 15.1 Å². The molecule has 0 fully saturated rings. The van der Waals surface area contributed by atoms with Gasteiger partial charge in [-0.3, -0.25) is 9.78 Å². The smallest absolute Gasteiger partial charge is 0.265 e. The van der Waals surface area contributed by atoms with E-state index in [2.05, 4.69) is 15.3 Å². The van der Waals surface area contributed by atoms with Crippen LogP contribution in [0.1, 0.15) is 6.92 Å².